The van der Waals surface area contributed by atoms with Crippen molar-refractivity contribution in [3.63, 3.8) is 0 Å². The molecule has 6 heteroatoms. The van der Waals surface area contributed by atoms with Gasteiger partial charge >= 0.3 is 0 Å². The van der Waals surface area contributed by atoms with Crippen LogP contribution in [0.3, 0.4) is 0 Å². The number of unbranched alkanes of at least 4 members (excludes halogenated alkanes) is 3. The van der Waals surface area contributed by atoms with Gasteiger partial charge in [0.2, 0.25) is 0 Å². The molecule has 132 valence electrons. The first kappa shape index (κ1) is 19.4. The van der Waals surface area contributed by atoms with Gasteiger partial charge in [0.15, 0.2) is 0 Å². The van der Waals surface area contributed by atoms with Crippen LogP contribution in [0, 0.1) is 10.7 Å². The minimum absolute atomic E-state index is 0.250. The first-order valence-corrected chi connectivity index (χ1v) is 10.6. The van der Waals surface area contributed by atoms with Gasteiger partial charge in [-0.3, -0.25) is 4.72 Å². The SMILES string of the molecule is CCCCCCc1ccc(S(=O)(=O)Nc2ccc(SC#N)cc2)cc1. The lowest BCUT2D eigenvalue weighted by Crippen LogP contribution is -2.12. The maximum absolute atomic E-state index is 12.5. The molecule has 1 N–H and O–H groups in total. The van der Waals surface area contributed by atoms with Gasteiger partial charge < -0.3 is 0 Å². The van der Waals surface area contributed by atoms with Crippen molar-refractivity contribution in [3.8, 4) is 5.40 Å². The Morgan fingerprint density at radius 2 is 1.68 bits per heavy atom. The summed E-state index contributed by atoms with van der Waals surface area (Å²) in [6.45, 7) is 2.18. The van der Waals surface area contributed by atoms with Crippen molar-refractivity contribution < 1.29 is 8.42 Å². The second kappa shape index (κ2) is 9.50. The number of nitriles is 1. The number of anilines is 1. The first-order valence-electron chi connectivity index (χ1n) is 8.33. The molecule has 0 atom stereocenters. The van der Waals surface area contributed by atoms with Crippen LogP contribution in [0.25, 0.3) is 0 Å². The highest BCUT2D eigenvalue weighted by atomic mass is 32.2. The molecular formula is C19H22N2O2S2. The zero-order chi connectivity index (χ0) is 18.1. The van der Waals surface area contributed by atoms with Gasteiger partial charge in [0, 0.05) is 10.6 Å². The minimum Gasteiger partial charge on any atom is -0.280 e. The quantitative estimate of drug-likeness (QED) is 0.373. The lowest BCUT2D eigenvalue weighted by atomic mass is 10.1. The maximum atomic E-state index is 12.5. The molecule has 0 aromatic heterocycles. The van der Waals surface area contributed by atoms with Crippen LogP contribution in [0.2, 0.25) is 0 Å². The number of nitrogens with one attached hydrogen (secondary N) is 1. The molecule has 0 bridgehead atoms. The Morgan fingerprint density at radius 3 is 2.28 bits per heavy atom. The van der Waals surface area contributed by atoms with E-state index >= 15 is 0 Å². The molecule has 0 radical (unpaired) electrons. The van der Waals surface area contributed by atoms with Crippen molar-refractivity contribution in [1.29, 1.82) is 5.26 Å². The van der Waals surface area contributed by atoms with E-state index in [1.54, 1.807) is 36.4 Å². The van der Waals surface area contributed by atoms with E-state index in [0.717, 1.165) is 35.1 Å². The summed E-state index contributed by atoms with van der Waals surface area (Å²) in [6.07, 6.45) is 5.76. The number of aryl methyl sites for hydroxylation is 1. The number of hydrogen-bond donors (Lipinski definition) is 1. The number of rotatable bonds is 9. The molecule has 2 rings (SSSR count). The van der Waals surface area contributed by atoms with Gasteiger partial charge in [-0.25, -0.2) is 8.42 Å². The van der Waals surface area contributed by atoms with E-state index < -0.39 is 10.0 Å². The number of sulfonamides is 1. The largest absolute Gasteiger partial charge is 0.280 e. The monoisotopic (exact) mass is 374 g/mol. The molecule has 2 aromatic rings. The molecule has 0 unspecified atom stereocenters. The normalized spacial score (nSPS) is 11.0. The molecule has 0 spiro atoms. The molecule has 0 aliphatic rings. The lowest BCUT2D eigenvalue weighted by Gasteiger charge is -2.09. The standard InChI is InChI=1S/C19H22N2O2S2/c1-2-3-4-5-6-16-7-13-19(14-8-16)25(22,23)21-17-9-11-18(12-10-17)24-15-20/h7-14,21H,2-6H2,1H3. The minimum atomic E-state index is -3.61. The average molecular weight is 375 g/mol. The van der Waals surface area contributed by atoms with Crippen LogP contribution in [0.1, 0.15) is 38.2 Å². The summed E-state index contributed by atoms with van der Waals surface area (Å²) in [5, 5.41) is 10.6. The first-order chi connectivity index (χ1) is 12.0. The van der Waals surface area contributed by atoms with E-state index in [1.807, 2.05) is 17.5 Å². The van der Waals surface area contributed by atoms with Crippen LogP contribution in [0.4, 0.5) is 5.69 Å². The highest BCUT2D eigenvalue weighted by molar-refractivity contribution is 8.03. The Hall–Kier alpha value is -1.97. The third-order valence-electron chi connectivity index (χ3n) is 3.82. The Morgan fingerprint density at radius 1 is 1.00 bits per heavy atom. The van der Waals surface area contributed by atoms with Crippen LogP contribution in [-0.4, -0.2) is 8.42 Å². The summed E-state index contributed by atoms with van der Waals surface area (Å²) in [6, 6.07) is 13.8. The van der Waals surface area contributed by atoms with Crippen molar-refractivity contribution in [3.05, 3.63) is 54.1 Å². The fourth-order valence-corrected chi connectivity index (χ4v) is 3.89. The van der Waals surface area contributed by atoms with Crippen molar-refractivity contribution in [1.82, 2.24) is 0 Å². The molecule has 0 saturated heterocycles. The van der Waals surface area contributed by atoms with E-state index in [4.69, 9.17) is 5.26 Å². The van der Waals surface area contributed by atoms with E-state index in [1.165, 1.54) is 19.3 Å². The summed E-state index contributed by atoms with van der Waals surface area (Å²) < 4.78 is 27.5. The Labute approximate surface area is 154 Å². The number of thiocyanates is 1. The van der Waals surface area contributed by atoms with E-state index in [-0.39, 0.29) is 4.90 Å². The summed E-state index contributed by atoms with van der Waals surface area (Å²) in [4.78, 5) is 1.03. The number of hydrogen-bond acceptors (Lipinski definition) is 4. The Bertz CT molecular complexity index is 808. The van der Waals surface area contributed by atoms with Crippen LogP contribution in [0.15, 0.2) is 58.3 Å². The zero-order valence-corrected chi connectivity index (χ0v) is 15.9. The topological polar surface area (TPSA) is 70.0 Å². The molecule has 2 aromatic carbocycles. The van der Waals surface area contributed by atoms with Gasteiger partial charge in [-0.1, -0.05) is 38.3 Å². The number of benzene rings is 2. The molecule has 0 heterocycles. The molecule has 4 nitrogen and oxygen atoms in total. The smallest absolute Gasteiger partial charge is 0.261 e. The summed E-state index contributed by atoms with van der Waals surface area (Å²) in [5.41, 5.74) is 1.64. The van der Waals surface area contributed by atoms with Crippen LogP contribution in [0.5, 0.6) is 0 Å². The predicted octanol–water partition coefficient (Wildman–Crippen LogP) is 5.18. The molecule has 0 amide bonds. The molecule has 25 heavy (non-hydrogen) atoms. The molecule has 0 aliphatic carbocycles. The van der Waals surface area contributed by atoms with Gasteiger partial charge in [0.1, 0.15) is 5.40 Å². The van der Waals surface area contributed by atoms with Crippen molar-refractivity contribution in [2.24, 2.45) is 0 Å². The van der Waals surface area contributed by atoms with Gasteiger partial charge in [0.25, 0.3) is 10.0 Å². The van der Waals surface area contributed by atoms with Crippen molar-refractivity contribution in [2.45, 2.75) is 48.8 Å². The molecule has 0 saturated carbocycles. The summed E-state index contributed by atoms with van der Waals surface area (Å²) >= 11 is 1.04. The third-order valence-corrected chi connectivity index (χ3v) is 5.82. The third kappa shape index (κ3) is 6.11. The van der Waals surface area contributed by atoms with Crippen molar-refractivity contribution >= 4 is 27.5 Å². The second-order valence-corrected chi connectivity index (χ2v) is 8.32. The van der Waals surface area contributed by atoms with Crippen molar-refractivity contribution in [2.75, 3.05) is 4.72 Å². The molecular weight excluding hydrogens is 352 g/mol. The van der Waals surface area contributed by atoms with Gasteiger partial charge in [0.05, 0.1) is 4.90 Å². The molecule has 0 aliphatic heterocycles. The Balaban J connectivity index is 2.00. The number of nitrogens with zero attached hydrogens (tertiary/aromatic N) is 1. The van der Waals surface area contributed by atoms with E-state index in [0.29, 0.717) is 5.69 Å². The highest BCUT2D eigenvalue weighted by Gasteiger charge is 2.14. The molecule has 0 fully saturated rings. The maximum Gasteiger partial charge on any atom is 0.261 e. The fraction of sp³-hybridized carbons (Fsp3) is 0.316. The van der Waals surface area contributed by atoms with Gasteiger partial charge in [-0.15, -0.1) is 0 Å². The summed E-state index contributed by atoms with van der Waals surface area (Å²) in [5.74, 6) is 0. The summed E-state index contributed by atoms with van der Waals surface area (Å²) in [7, 11) is -3.61. The lowest BCUT2D eigenvalue weighted by molar-refractivity contribution is 0.601. The van der Waals surface area contributed by atoms with Crippen LogP contribution >= 0.6 is 11.8 Å². The van der Waals surface area contributed by atoms with Crippen LogP contribution in [-0.2, 0) is 16.4 Å². The zero-order valence-electron chi connectivity index (χ0n) is 14.2. The van der Waals surface area contributed by atoms with Crippen LogP contribution < -0.4 is 4.72 Å². The Kier molecular flexibility index (Phi) is 7.35. The van der Waals surface area contributed by atoms with Gasteiger partial charge in [-0.05, 0) is 66.6 Å². The second-order valence-electron chi connectivity index (χ2n) is 5.78. The highest BCUT2D eigenvalue weighted by Crippen LogP contribution is 2.21. The van der Waals surface area contributed by atoms with E-state index in [2.05, 4.69) is 11.6 Å². The van der Waals surface area contributed by atoms with E-state index in [9.17, 15) is 8.42 Å². The number of thioether (sulfide) groups is 1. The fourth-order valence-electron chi connectivity index (χ4n) is 2.45. The van der Waals surface area contributed by atoms with Gasteiger partial charge in [-0.2, -0.15) is 5.26 Å². The predicted molar refractivity (Wildman–Crippen MR) is 103 cm³/mol. The average Bonchev–Trinajstić information content (AvgIpc) is 2.61.